The number of nitrogens with zero attached hydrogens (tertiary/aromatic N) is 3. The van der Waals surface area contributed by atoms with Gasteiger partial charge in [-0.25, -0.2) is 4.39 Å². The Kier molecular flexibility index (Phi) is 4.17. The zero-order valence-corrected chi connectivity index (χ0v) is 14.5. The van der Waals surface area contributed by atoms with Crippen molar-refractivity contribution in [2.45, 2.75) is 0 Å². The van der Waals surface area contributed by atoms with Crippen molar-refractivity contribution in [3.8, 4) is 28.0 Å². The van der Waals surface area contributed by atoms with Gasteiger partial charge in [-0.3, -0.25) is 9.36 Å². The highest BCUT2D eigenvalue weighted by atomic mass is 32.1. The Balaban J connectivity index is 2.06. The van der Waals surface area contributed by atoms with Gasteiger partial charge in [0.2, 0.25) is 11.0 Å². The number of hydrogen-bond acceptors (Lipinski definition) is 6. The van der Waals surface area contributed by atoms with Gasteiger partial charge in [-0.15, -0.1) is 10.2 Å². The number of carbonyl (C=O) groups is 1. The molecule has 2 heterocycles. The van der Waals surface area contributed by atoms with Crippen LogP contribution < -0.4 is 0 Å². The first-order chi connectivity index (χ1) is 13.1. The molecular formula is C19H12FN3O3S. The summed E-state index contributed by atoms with van der Waals surface area (Å²) in [4.78, 5) is 13.1. The summed E-state index contributed by atoms with van der Waals surface area (Å²) in [7, 11) is 0. The Morgan fingerprint density at radius 3 is 2.41 bits per heavy atom. The largest absolute Gasteiger partial charge is 0.503 e. The van der Waals surface area contributed by atoms with Crippen LogP contribution in [0.1, 0.15) is 15.9 Å². The van der Waals surface area contributed by atoms with Gasteiger partial charge in [0.15, 0.2) is 11.5 Å². The number of ketones is 1. The number of aromatic hydroxyl groups is 2. The van der Waals surface area contributed by atoms with Crippen LogP contribution in [-0.4, -0.2) is 30.8 Å². The van der Waals surface area contributed by atoms with E-state index in [1.54, 1.807) is 36.4 Å². The molecule has 2 aromatic carbocycles. The highest BCUT2D eigenvalue weighted by Crippen LogP contribution is 2.44. The lowest BCUT2D eigenvalue weighted by molar-refractivity contribution is 0.103. The lowest BCUT2D eigenvalue weighted by atomic mass is 9.99. The summed E-state index contributed by atoms with van der Waals surface area (Å²) in [6.45, 7) is 0. The van der Waals surface area contributed by atoms with Gasteiger partial charge in [-0.05, 0) is 12.1 Å². The maximum atomic E-state index is 14.6. The normalized spacial score (nSPS) is 10.9. The van der Waals surface area contributed by atoms with Crippen LogP contribution in [0.2, 0.25) is 0 Å². The fraction of sp³-hybridized carbons (Fsp3) is 0. The molecule has 0 unspecified atom stereocenters. The molecule has 0 amide bonds. The van der Waals surface area contributed by atoms with Crippen LogP contribution in [0.5, 0.6) is 11.6 Å². The fourth-order valence-corrected chi connectivity index (χ4v) is 3.42. The Morgan fingerprint density at radius 2 is 1.74 bits per heavy atom. The molecule has 0 fully saturated rings. The number of rotatable bonds is 4. The van der Waals surface area contributed by atoms with Gasteiger partial charge in [0.25, 0.3) is 0 Å². The number of halogens is 1. The highest BCUT2D eigenvalue weighted by molar-refractivity contribution is 7.11. The molecule has 27 heavy (non-hydrogen) atoms. The zero-order chi connectivity index (χ0) is 19.0. The quantitative estimate of drug-likeness (QED) is 0.525. The van der Waals surface area contributed by atoms with Gasteiger partial charge in [0.05, 0.1) is 11.3 Å². The Labute approximate surface area is 156 Å². The van der Waals surface area contributed by atoms with E-state index in [0.29, 0.717) is 5.56 Å². The summed E-state index contributed by atoms with van der Waals surface area (Å²) >= 11 is 1.07. The monoisotopic (exact) mass is 381 g/mol. The van der Waals surface area contributed by atoms with Gasteiger partial charge in [0.1, 0.15) is 11.3 Å². The second kappa shape index (κ2) is 6.65. The maximum absolute atomic E-state index is 14.6. The van der Waals surface area contributed by atoms with Crippen LogP contribution >= 0.6 is 11.3 Å². The molecule has 4 rings (SSSR count). The molecule has 0 bridgehead atoms. The van der Waals surface area contributed by atoms with E-state index >= 15 is 0 Å². The molecule has 8 heteroatoms. The molecule has 4 aromatic rings. The first-order valence-electron chi connectivity index (χ1n) is 7.87. The van der Waals surface area contributed by atoms with Crippen molar-refractivity contribution in [3.05, 3.63) is 77.1 Å². The maximum Gasteiger partial charge on any atom is 0.242 e. The van der Waals surface area contributed by atoms with E-state index in [0.717, 1.165) is 15.9 Å². The van der Waals surface area contributed by atoms with E-state index < -0.39 is 23.2 Å². The van der Waals surface area contributed by atoms with Crippen LogP contribution in [0, 0.1) is 5.82 Å². The molecule has 0 aliphatic heterocycles. The summed E-state index contributed by atoms with van der Waals surface area (Å²) < 4.78 is 15.7. The molecule has 0 aliphatic rings. The minimum atomic E-state index is -0.641. The highest BCUT2D eigenvalue weighted by Gasteiger charge is 2.31. The molecule has 134 valence electrons. The third-order valence-electron chi connectivity index (χ3n) is 4.05. The smallest absolute Gasteiger partial charge is 0.242 e. The molecule has 0 atom stereocenters. The van der Waals surface area contributed by atoms with Crippen molar-refractivity contribution < 1.29 is 19.4 Å². The average Bonchev–Trinajstić information content (AvgIpc) is 3.30. The summed E-state index contributed by atoms with van der Waals surface area (Å²) in [5.41, 5.74) is 1.56. The van der Waals surface area contributed by atoms with E-state index in [4.69, 9.17) is 0 Å². The lowest BCUT2D eigenvalue weighted by Crippen LogP contribution is -2.05. The van der Waals surface area contributed by atoms with E-state index in [1.165, 1.54) is 23.7 Å². The average molecular weight is 381 g/mol. The van der Waals surface area contributed by atoms with Gasteiger partial charge < -0.3 is 10.2 Å². The van der Waals surface area contributed by atoms with E-state index in [1.807, 2.05) is 0 Å². The van der Waals surface area contributed by atoms with Crippen molar-refractivity contribution in [1.29, 1.82) is 0 Å². The van der Waals surface area contributed by atoms with Crippen LogP contribution in [0.4, 0.5) is 4.39 Å². The summed E-state index contributed by atoms with van der Waals surface area (Å²) in [6.07, 6.45) is 0. The van der Waals surface area contributed by atoms with Crippen molar-refractivity contribution >= 4 is 17.1 Å². The van der Waals surface area contributed by atoms with Crippen molar-refractivity contribution in [2.75, 3.05) is 0 Å². The fourth-order valence-electron chi connectivity index (χ4n) is 2.86. The SMILES string of the molecule is O=C(c1ccccc1)c1c(O)c(O)n(-c2nncs2)c1-c1ccccc1F. The van der Waals surface area contributed by atoms with Gasteiger partial charge in [-0.1, -0.05) is 53.8 Å². The first-order valence-corrected chi connectivity index (χ1v) is 8.75. The number of carbonyl (C=O) groups excluding carboxylic acids is 1. The molecule has 0 saturated carbocycles. The second-order valence-electron chi connectivity index (χ2n) is 5.63. The number of benzene rings is 2. The van der Waals surface area contributed by atoms with Gasteiger partial charge in [0, 0.05) is 11.1 Å². The molecular weight excluding hydrogens is 369 g/mol. The van der Waals surface area contributed by atoms with Gasteiger partial charge in [-0.2, -0.15) is 0 Å². The van der Waals surface area contributed by atoms with Crippen LogP contribution in [0.3, 0.4) is 0 Å². The van der Waals surface area contributed by atoms with Crippen LogP contribution in [-0.2, 0) is 0 Å². The first kappa shape index (κ1) is 16.9. The molecule has 0 spiro atoms. The third-order valence-corrected chi connectivity index (χ3v) is 4.73. The number of hydrogen-bond donors (Lipinski definition) is 2. The molecule has 6 nitrogen and oxygen atoms in total. The van der Waals surface area contributed by atoms with Crippen molar-refractivity contribution in [3.63, 3.8) is 0 Å². The summed E-state index contributed by atoms with van der Waals surface area (Å²) in [5.74, 6) is -2.41. The lowest BCUT2D eigenvalue weighted by Gasteiger charge is -2.10. The molecule has 0 saturated heterocycles. The summed E-state index contributed by atoms with van der Waals surface area (Å²) in [6, 6.07) is 14.1. The predicted molar refractivity (Wildman–Crippen MR) is 97.8 cm³/mol. The van der Waals surface area contributed by atoms with E-state index in [2.05, 4.69) is 10.2 Å². The molecule has 2 aromatic heterocycles. The topological polar surface area (TPSA) is 88.2 Å². The van der Waals surface area contributed by atoms with Crippen molar-refractivity contribution in [1.82, 2.24) is 14.8 Å². The molecule has 0 radical (unpaired) electrons. The molecule has 0 aliphatic carbocycles. The van der Waals surface area contributed by atoms with E-state index in [9.17, 15) is 19.4 Å². The number of aromatic nitrogens is 3. The van der Waals surface area contributed by atoms with Crippen LogP contribution in [0.15, 0.2) is 60.1 Å². The minimum Gasteiger partial charge on any atom is -0.503 e. The standard InChI is InChI=1S/C19H12FN3O3S/c20-13-9-5-4-8-12(13)15-14(16(24)11-6-2-1-3-7-11)17(25)18(26)23(15)19-22-21-10-27-19/h1-10,25-26H. The Hall–Kier alpha value is -3.52. The predicted octanol–water partition coefficient (Wildman–Crippen LogP) is 3.78. The van der Waals surface area contributed by atoms with Crippen LogP contribution in [0.25, 0.3) is 16.4 Å². The zero-order valence-electron chi connectivity index (χ0n) is 13.7. The Morgan fingerprint density at radius 1 is 1.04 bits per heavy atom. The second-order valence-corrected chi connectivity index (χ2v) is 6.44. The van der Waals surface area contributed by atoms with Crippen molar-refractivity contribution in [2.24, 2.45) is 0 Å². The third kappa shape index (κ3) is 2.76. The summed E-state index contributed by atoms with van der Waals surface area (Å²) in [5, 5.41) is 28.8. The molecule has 2 N–H and O–H groups in total. The van der Waals surface area contributed by atoms with Gasteiger partial charge >= 0.3 is 0 Å². The minimum absolute atomic E-state index is 0.00806. The van der Waals surface area contributed by atoms with E-state index in [-0.39, 0.29) is 22.0 Å². The Bertz CT molecular complexity index is 1120.